The van der Waals surface area contributed by atoms with E-state index in [9.17, 15) is 4.39 Å². The molecule has 0 saturated heterocycles. The highest BCUT2D eigenvalue weighted by Crippen LogP contribution is 2.53. The molecular weight excluding hydrogens is 165 g/mol. The van der Waals surface area contributed by atoms with Crippen molar-refractivity contribution in [1.82, 2.24) is 0 Å². The summed E-state index contributed by atoms with van der Waals surface area (Å²) in [6.07, 6.45) is 0.782. The van der Waals surface area contributed by atoms with E-state index in [0.717, 1.165) is 6.42 Å². The molecule has 2 atom stereocenters. The van der Waals surface area contributed by atoms with Crippen LogP contribution in [0.4, 0.5) is 4.39 Å². The third-order valence-corrected chi connectivity index (χ3v) is 2.86. The van der Waals surface area contributed by atoms with Gasteiger partial charge in [0.05, 0.1) is 11.5 Å². The van der Waals surface area contributed by atoms with E-state index in [0.29, 0.717) is 5.56 Å². The number of halogens is 1. The molecule has 0 radical (unpaired) electrons. The average Bonchev–Trinajstić information content (AvgIpc) is 2.79. The molecule has 1 aliphatic carbocycles. The van der Waals surface area contributed by atoms with Gasteiger partial charge in [0.2, 0.25) is 0 Å². The lowest BCUT2D eigenvalue weighted by Crippen LogP contribution is -2.08. The highest BCUT2D eigenvalue weighted by molar-refractivity contribution is 5.41. The van der Waals surface area contributed by atoms with Gasteiger partial charge < -0.3 is 0 Å². The van der Waals surface area contributed by atoms with Gasteiger partial charge in [-0.1, -0.05) is 25.1 Å². The number of hydrogen-bond donors (Lipinski definition) is 0. The fourth-order valence-electron chi connectivity index (χ4n) is 1.84. The van der Waals surface area contributed by atoms with Crippen LogP contribution in [0.3, 0.4) is 0 Å². The van der Waals surface area contributed by atoms with E-state index in [-0.39, 0.29) is 11.7 Å². The van der Waals surface area contributed by atoms with E-state index in [1.165, 1.54) is 6.07 Å². The monoisotopic (exact) mass is 175 g/mol. The fraction of sp³-hybridized carbons (Fsp3) is 0.364. The molecule has 1 saturated carbocycles. The van der Waals surface area contributed by atoms with E-state index >= 15 is 0 Å². The van der Waals surface area contributed by atoms with Gasteiger partial charge in [-0.3, -0.25) is 0 Å². The summed E-state index contributed by atoms with van der Waals surface area (Å²) in [5.74, 6) is 0.0304. The molecule has 1 aromatic rings. The molecule has 2 rings (SSSR count). The minimum Gasteiger partial charge on any atom is -0.207 e. The molecule has 0 aromatic heterocycles. The van der Waals surface area contributed by atoms with Crippen LogP contribution in [0, 0.1) is 23.1 Å². The number of rotatable bonds is 1. The Hall–Kier alpha value is -1.36. The number of benzene rings is 1. The van der Waals surface area contributed by atoms with Crippen LogP contribution in [0.1, 0.15) is 18.9 Å². The zero-order valence-electron chi connectivity index (χ0n) is 7.42. The van der Waals surface area contributed by atoms with Gasteiger partial charge in [0, 0.05) is 5.56 Å². The van der Waals surface area contributed by atoms with E-state index in [4.69, 9.17) is 5.26 Å². The van der Waals surface area contributed by atoms with E-state index in [1.54, 1.807) is 18.2 Å². The van der Waals surface area contributed by atoms with Crippen LogP contribution in [-0.4, -0.2) is 0 Å². The van der Waals surface area contributed by atoms with E-state index in [2.05, 4.69) is 6.07 Å². The quantitative estimate of drug-likeness (QED) is 0.643. The molecule has 0 bridgehead atoms. The van der Waals surface area contributed by atoms with Crippen molar-refractivity contribution in [3.8, 4) is 6.07 Å². The van der Waals surface area contributed by atoms with Gasteiger partial charge in [-0.2, -0.15) is 5.26 Å². The Labute approximate surface area is 76.8 Å². The molecule has 0 N–H and O–H groups in total. The molecule has 66 valence electrons. The molecule has 0 aliphatic heterocycles. The summed E-state index contributed by atoms with van der Waals surface area (Å²) in [5, 5.41) is 8.99. The minimum atomic E-state index is -0.536. The maximum absolute atomic E-state index is 13.3. The van der Waals surface area contributed by atoms with Crippen LogP contribution in [0.25, 0.3) is 0 Å². The maximum Gasteiger partial charge on any atom is 0.128 e. The van der Waals surface area contributed by atoms with Gasteiger partial charge in [-0.05, 0) is 18.4 Å². The van der Waals surface area contributed by atoms with Gasteiger partial charge in [-0.25, -0.2) is 4.39 Å². The van der Waals surface area contributed by atoms with Crippen LogP contribution in [0.2, 0.25) is 0 Å². The largest absolute Gasteiger partial charge is 0.207 e. The van der Waals surface area contributed by atoms with Crippen LogP contribution in [-0.2, 0) is 5.41 Å². The first-order valence-electron chi connectivity index (χ1n) is 4.37. The molecule has 1 nitrogen and oxygen atoms in total. The average molecular weight is 175 g/mol. The minimum absolute atomic E-state index is 0.256. The van der Waals surface area contributed by atoms with Gasteiger partial charge in [0.15, 0.2) is 0 Å². The summed E-state index contributed by atoms with van der Waals surface area (Å²) in [6, 6.07) is 8.78. The van der Waals surface area contributed by atoms with Crippen molar-refractivity contribution in [2.75, 3.05) is 0 Å². The van der Waals surface area contributed by atoms with Gasteiger partial charge >= 0.3 is 0 Å². The molecule has 1 aliphatic rings. The Morgan fingerprint density at radius 2 is 2.15 bits per heavy atom. The van der Waals surface area contributed by atoms with Crippen LogP contribution in [0.5, 0.6) is 0 Å². The predicted octanol–water partition coefficient (Wildman–Crippen LogP) is 2.63. The second-order valence-corrected chi connectivity index (χ2v) is 3.67. The molecule has 2 unspecified atom stereocenters. The zero-order chi connectivity index (χ0) is 9.47. The molecule has 0 heterocycles. The standard InChI is InChI=1S/C11H10FN/c1-8-6-11(8,7-13)9-4-2-3-5-10(9)12/h2-5,8H,6H2,1H3. The molecule has 0 spiro atoms. The second kappa shape index (κ2) is 2.56. The SMILES string of the molecule is CC1CC1(C#N)c1ccccc1F. The second-order valence-electron chi connectivity index (χ2n) is 3.67. The smallest absolute Gasteiger partial charge is 0.128 e. The highest BCUT2D eigenvalue weighted by Gasteiger charge is 2.54. The molecular formula is C11H10FN. The Kier molecular flexibility index (Phi) is 1.63. The van der Waals surface area contributed by atoms with Crippen LogP contribution >= 0.6 is 0 Å². The first-order valence-corrected chi connectivity index (χ1v) is 4.37. The third-order valence-electron chi connectivity index (χ3n) is 2.86. The van der Waals surface area contributed by atoms with Crippen molar-refractivity contribution < 1.29 is 4.39 Å². The van der Waals surface area contributed by atoms with Crippen molar-refractivity contribution in [2.24, 2.45) is 5.92 Å². The lowest BCUT2D eigenvalue weighted by atomic mass is 9.95. The van der Waals surface area contributed by atoms with Gasteiger partial charge in [0.1, 0.15) is 5.82 Å². The van der Waals surface area contributed by atoms with Crippen molar-refractivity contribution in [3.63, 3.8) is 0 Å². The Balaban J connectivity index is 2.48. The van der Waals surface area contributed by atoms with Crippen molar-refractivity contribution in [2.45, 2.75) is 18.8 Å². The summed E-state index contributed by atoms with van der Waals surface area (Å²) in [4.78, 5) is 0. The lowest BCUT2D eigenvalue weighted by molar-refractivity contribution is 0.592. The number of nitriles is 1. The van der Waals surface area contributed by atoms with Crippen molar-refractivity contribution in [3.05, 3.63) is 35.6 Å². The molecule has 0 amide bonds. The summed E-state index contributed by atoms with van der Waals surface area (Å²) < 4.78 is 13.3. The summed E-state index contributed by atoms with van der Waals surface area (Å²) in [6.45, 7) is 1.98. The topological polar surface area (TPSA) is 23.8 Å². The Bertz CT molecular complexity index is 380. The number of hydrogen-bond acceptors (Lipinski definition) is 1. The molecule has 2 heteroatoms. The van der Waals surface area contributed by atoms with Gasteiger partial charge in [-0.15, -0.1) is 0 Å². The zero-order valence-corrected chi connectivity index (χ0v) is 7.42. The van der Waals surface area contributed by atoms with Crippen molar-refractivity contribution >= 4 is 0 Å². The normalized spacial score (nSPS) is 31.0. The summed E-state index contributed by atoms with van der Waals surface area (Å²) >= 11 is 0. The maximum atomic E-state index is 13.3. The Morgan fingerprint density at radius 1 is 1.54 bits per heavy atom. The predicted molar refractivity (Wildman–Crippen MR) is 47.5 cm³/mol. The van der Waals surface area contributed by atoms with Crippen LogP contribution < -0.4 is 0 Å². The lowest BCUT2D eigenvalue weighted by Gasteiger charge is -2.07. The first-order chi connectivity index (χ1) is 6.20. The summed E-state index contributed by atoms with van der Waals surface area (Å²) in [5.41, 5.74) is 0.0238. The van der Waals surface area contributed by atoms with Crippen molar-refractivity contribution in [1.29, 1.82) is 5.26 Å². The van der Waals surface area contributed by atoms with E-state index in [1.807, 2.05) is 6.92 Å². The summed E-state index contributed by atoms with van der Waals surface area (Å²) in [7, 11) is 0. The number of nitrogens with zero attached hydrogens (tertiary/aromatic N) is 1. The van der Waals surface area contributed by atoms with Crippen LogP contribution in [0.15, 0.2) is 24.3 Å². The van der Waals surface area contributed by atoms with Gasteiger partial charge in [0.25, 0.3) is 0 Å². The highest BCUT2D eigenvalue weighted by atomic mass is 19.1. The van der Waals surface area contributed by atoms with E-state index < -0.39 is 5.41 Å². The molecule has 1 aromatic carbocycles. The molecule has 1 fully saturated rings. The fourth-order valence-corrected chi connectivity index (χ4v) is 1.84. The molecule has 13 heavy (non-hydrogen) atoms. The Morgan fingerprint density at radius 3 is 2.62 bits per heavy atom. The first kappa shape index (κ1) is 8.25. The third kappa shape index (κ3) is 1.04.